The molecule has 0 aliphatic heterocycles. The van der Waals surface area contributed by atoms with Gasteiger partial charge in [-0.3, -0.25) is 4.79 Å². The molecule has 1 rings (SSSR count). The minimum absolute atomic E-state index is 0.147. The van der Waals surface area contributed by atoms with E-state index in [2.05, 4.69) is 4.85 Å². The smallest absolute Gasteiger partial charge is 0.317 e. The van der Waals surface area contributed by atoms with Gasteiger partial charge in [0.05, 0.1) is 6.61 Å². The van der Waals surface area contributed by atoms with Crippen molar-refractivity contribution in [2.45, 2.75) is 39.7 Å². The van der Waals surface area contributed by atoms with E-state index in [0.717, 1.165) is 0 Å². The van der Waals surface area contributed by atoms with E-state index in [0.29, 0.717) is 13.0 Å². The number of carbonyl (C=O) groups is 1. The van der Waals surface area contributed by atoms with Crippen LogP contribution < -0.4 is 0 Å². The van der Waals surface area contributed by atoms with Crippen molar-refractivity contribution in [2.75, 3.05) is 6.61 Å². The molecule has 0 heterocycles. The molecule has 0 spiro atoms. The highest BCUT2D eigenvalue weighted by Gasteiger charge is 2.73. The molecule has 3 heteroatoms. The molecule has 0 unspecified atom stereocenters. The maximum Gasteiger partial charge on any atom is 0.317 e. The summed E-state index contributed by atoms with van der Waals surface area (Å²) in [6.45, 7) is 15.4. The van der Waals surface area contributed by atoms with Crippen molar-refractivity contribution in [3.8, 4) is 0 Å². The summed E-state index contributed by atoms with van der Waals surface area (Å²) < 4.78 is 4.94. The number of rotatable bonds is 2. The summed E-state index contributed by atoms with van der Waals surface area (Å²) in [6.07, 6.45) is 0.652. The minimum Gasteiger partial charge on any atom is -0.466 e. The number of esters is 1. The summed E-state index contributed by atoms with van der Waals surface area (Å²) in [5.74, 6) is -0.418. The van der Waals surface area contributed by atoms with Crippen molar-refractivity contribution >= 4 is 5.97 Å². The van der Waals surface area contributed by atoms with E-state index >= 15 is 0 Å². The lowest BCUT2D eigenvalue weighted by Crippen LogP contribution is -2.30. The van der Waals surface area contributed by atoms with E-state index in [9.17, 15) is 4.79 Å². The molecular formula is C11H17NO2. The Kier molecular flexibility index (Phi) is 2.58. The van der Waals surface area contributed by atoms with Gasteiger partial charge >= 0.3 is 5.97 Å². The average Bonchev–Trinajstić information content (AvgIpc) is 2.78. The SMILES string of the molecule is [C-]#[N+][C@@]1(C(C)(C)C)C[C@H]1C(=O)OCC. The Morgan fingerprint density at radius 1 is 1.64 bits per heavy atom. The van der Waals surface area contributed by atoms with Crippen LogP contribution in [0.15, 0.2) is 0 Å². The summed E-state index contributed by atoms with van der Waals surface area (Å²) in [4.78, 5) is 15.1. The molecule has 0 bridgehead atoms. The van der Waals surface area contributed by atoms with E-state index in [1.54, 1.807) is 6.92 Å². The van der Waals surface area contributed by atoms with Crippen LogP contribution in [0.4, 0.5) is 0 Å². The predicted octanol–water partition coefficient (Wildman–Crippen LogP) is 2.27. The second kappa shape index (κ2) is 3.27. The van der Waals surface area contributed by atoms with E-state index in [1.807, 2.05) is 20.8 Å². The molecule has 2 atom stereocenters. The van der Waals surface area contributed by atoms with Crippen LogP contribution in [0, 0.1) is 17.9 Å². The van der Waals surface area contributed by atoms with Gasteiger partial charge in [-0.1, -0.05) is 20.8 Å². The lowest BCUT2D eigenvalue weighted by atomic mass is 9.83. The Morgan fingerprint density at radius 3 is 2.50 bits per heavy atom. The molecule has 3 nitrogen and oxygen atoms in total. The number of ether oxygens (including phenoxy) is 1. The van der Waals surface area contributed by atoms with Crippen LogP contribution in [0.25, 0.3) is 4.85 Å². The van der Waals surface area contributed by atoms with E-state index < -0.39 is 5.54 Å². The molecule has 0 amide bonds. The van der Waals surface area contributed by atoms with Crippen LogP contribution in [0.2, 0.25) is 0 Å². The summed E-state index contributed by atoms with van der Waals surface area (Å²) in [6, 6.07) is 0. The van der Waals surface area contributed by atoms with Gasteiger partial charge in [0.25, 0.3) is 5.54 Å². The molecule has 14 heavy (non-hydrogen) atoms. The van der Waals surface area contributed by atoms with E-state index in [-0.39, 0.29) is 17.3 Å². The van der Waals surface area contributed by atoms with Gasteiger partial charge in [-0.15, -0.1) is 0 Å². The van der Waals surface area contributed by atoms with Gasteiger partial charge in [-0.25, -0.2) is 6.57 Å². The van der Waals surface area contributed by atoms with Crippen LogP contribution >= 0.6 is 0 Å². The number of hydrogen-bond acceptors (Lipinski definition) is 2. The molecule has 1 fully saturated rings. The Morgan fingerprint density at radius 2 is 2.21 bits per heavy atom. The second-order valence-electron chi connectivity index (χ2n) is 4.79. The quantitative estimate of drug-likeness (QED) is 0.500. The molecule has 78 valence electrons. The molecule has 0 aromatic rings. The van der Waals surface area contributed by atoms with Crippen molar-refractivity contribution in [1.82, 2.24) is 0 Å². The summed E-state index contributed by atoms with van der Waals surface area (Å²) in [5.41, 5.74) is -0.661. The van der Waals surface area contributed by atoms with E-state index in [4.69, 9.17) is 11.3 Å². The zero-order valence-corrected chi connectivity index (χ0v) is 9.26. The highest BCUT2D eigenvalue weighted by Crippen LogP contribution is 2.58. The molecule has 0 aromatic heterocycles. The van der Waals surface area contributed by atoms with Gasteiger partial charge in [0.1, 0.15) is 5.92 Å². The normalized spacial score (nSPS) is 30.6. The van der Waals surface area contributed by atoms with Crippen LogP contribution in [0.5, 0.6) is 0 Å². The summed E-state index contributed by atoms with van der Waals surface area (Å²) >= 11 is 0. The Labute approximate surface area is 85.3 Å². The van der Waals surface area contributed by atoms with Crippen LogP contribution in [-0.4, -0.2) is 18.1 Å². The highest BCUT2D eigenvalue weighted by atomic mass is 16.5. The molecule has 1 saturated carbocycles. The molecule has 0 radical (unpaired) electrons. The highest BCUT2D eigenvalue weighted by molar-refractivity contribution is 5.79. The first-order chi connectivity index (χ1) is 6.39. The maximum atomic E-state index is 11.5. The average molecular weight is 195 g/mol. The lowest BCUT2D eigenvalue weighted by Gasteiger charge is -2.20. The van der Waals surface area contributed by atoms with Crippen molar-refractivity contribution < 1.29 is 9.53 Å². The van der Waals surface area contributed by atoms with E-state index in [1.165, 1.54) is 0 Å². The Balaban J connectivity index is 2.74. The van der Waals surface area contributed by atoms with Crippen molar-refractivity contribution in [3.05, 3.63) is 11.4 Å². The lowest BCUT2D eigenvalue weighted by molar-refractivity contribution is -0.145. The second-order valence-corrected chi connectivity index (χ2v) is 4.79. The third-order valence-corrected chi connectivity index (χ3v) is 3.00. The fourth-order valence-corrected chi connectivity index (χ4v) is 1.89. The Hall–Kier alpha value is -1.04. The molecule has 1 aliphatic carbocycles. The van der Waals surface area contributed by atoms with Gasteiger partial charge < -0.3 is 9.58 Å². The van der Waals surface area contributed by atoms with Crippen LogP contribution in [-0.2, 0) is 9.53 Å². The van der Waals surface area contributed by atoms with Crippen molar-refractivity contribution in [3.63, 3.8) is 0 Å². The summed E-state index contributed by atoms with van der Waals surface area (Å²) in [7, 11) is 0. The third kappa shape index (κ3) is 1.50. The number of nitrogens with zero attached hydrogens (tertiary/aromatic N) is 1. The molecule has 0 aromatic carbocycles. The van der Waals surface area contributed by atoms with Gasteiger partial charge in [0, 0.05) is 11.8 Å². The first-order valence-corrected chi connectivity index (χ1v) is 4.94. The summed E-state index contributed by atoms with van der Waals surface area (Å²) in [5, 5.41) is 0. The van der Waals surface area contributed by atoms with Crippen LogP contribution in [0.3, 0.4) is 0 Å². The monoisotopic (exact) mass is 195 g/mol. The molecular weight excluding hydrogens is 178 g/mol. The van der Waals surface area contributed by atoms with Crippen LogP contribution in [0.1, 0.15) is 34.1 Å². The maximum absolute atomic E-state index is 11.5. The third-order valence-electron chi connectivity index (χ3n) is 3.00. The zero-order chi connectivity index (χ0) is 11.0. The molecule has 0 saturated heterocycles. The van der Waals surface area contributed by atoms with Crippen molar-refractivity contribution in [2.24, 2.45) is 11.3 Å². The first kappa shape index (κ1) is 11.0. The number of carbonyl (C=O) groups excluding carboxylic acids is 1. The van der Waals surface area contributed by atoms with Gasteiger partial charge in [0.15, 0.2) is 0 Å². The minimum atomic E-state index is -0.515. The van der Waals surface area contributed by atoms with Crippen molar-refractivity contribution in [1.29, 1.82) is 0 Å². The largest absolute Gasteiger partial charge is 0.466 e. The van der Waals surface area contributed by atoms with Gasteiger partial charge in [-0.2, -0.15) is 0 Å². The first-order valence-electron chi connectivity index (χ1n) is 4.94. The standard InChI is InChI=1S/C11H17NO2/c1-6-14-9(13)8-7-11(8,12-5)10(2,3)4/h8H,6-7H2,1-4H3/t8-,11-/m0/s1. The zero-order valence-electron chi connectivity index (χ0n) is 9.26. The fourth-order valence-electron chi connectivity index (χ4n) is 1.89. The predicted molar refractivity (Wildman–Crippen MR) is 53.5 cm³/mol. The van der Waals surface area contributed by atoms with Gasteiger partial charge in [-0.05, 0) is 6.92 Å². The molecule has 1 aliphatic rings. The van der Waals surface area contributed by atoms with Gasteiger partial charge in [0.2, 0.25) is 0 Å². The number of hydrogen-bond donors (Lipinski definition) is 0. The Bertz CT molecular complexity index is 285. The topological polar surface area (TPSA) is 30.7 Å². The molecule has 0 N–H and O–H groups in total. The fraction of sp³-hybridized carbons (Fsp3) is 0.818.